The van der Waals surface area contributed by atoms with Crippen molar-refractivity contribution >= 4 is 28.4 Å². The lowest BCUT2D eigenvalue weighted by atomic mass is 10.1. The van der Waals surface area contributed by atoms with E-state index in [9.17, 15) is 4.79 Å². The van der Waals surface area contributed by atoms with Gasteiger partial charge in [-0.1, -0.05) is 11.6 Å². The molecule has 0 fully saturated rings. The maximum Gasteiger partial charge on any atom is 0.253 e. The SMILES string of the molecule is CC(O)CNC(=O)c1ccc(Cl)c2cccnc12. The van der Waals surface area contributed by atoms with Crippen LogP contribution < -0.4 is 5.32 Å². The van der Waals surface area contributed by atoms with Gasteiger partial charge in [0.2, 0.25) is 0 Å². The lowest BCUT2D eigenvalue weighted by Crippen LogP contribution is -2.30. The number of halogens is 1. The van der Waals surface area contributed by atoms with Crippen LogP contribution in [0.1, 0.15) is 17.3 Å². The van der Waals surface area contributed by atoms with Crippen molar-refractivity contribution in [3.8, 4) is 0 Å². The number of aliphatic hydroxyl groups is 1. The maximum atomic E-state index is 12.0. The third kappa shape index (κ3) is 2.60. The van der Waals surface area contributed by atoms with Gasteiger partial charge in [-0.25, -0.2) is 0 Å². The van der Waals surface area contributed by atoms with Crippen LogP contribution in [0.5, 0.6) is 0 Å². The Hall–Kier alpha value is -1.65. The summed E-state index contributed by atoms with van der Waals surface area (Å²) in [6, 6.07) is 6.89. The number of pyridine rings is 1. The fourth-order valence-corrected chi connectivity index (χ4v) is 1.87. The second kappa shape index (κ2) is 5.33. The third-order valence-corrected chi connectivity index (χ3v) is 2.85. The van der Waals surface area contributed by atoms with Gasteiger partial charge >= 0.3 is 0 Å². The van der Waals surface area contributed by atoms with Gasteiger partial charge in [-0.15, -0.1) is 0 Å². The average Bonchev–Trinajstić information content (AvgIpc) is 2.37. The Morgan fingerprint density at radius 1 is 1.50 bits per heavy atom. The van der Waals surface area contributed by atoms with Gasteiger partial charge in [-0.05, 0) is 31.2 Å². The molecule has 1 amide bonds. The van der Waals surface area contributed by atoms with Crippen LogP contribution in [0.15, 0.2) is 30.5 Å². The zero-order valence-electron chi connectivity index (χ0n) is 9.85. The van der Waals surface area contributed by atoms with Crippen LogP contribution >= 0.6 is 11.6 Å². The van der Waals surface area contributed by atoms with E-state index in [0.29, 0.717) is 16.1 Å². The summed E-state index contributed by atoms with van der Waals surface area (Å²) in [4.78, 5) is 16.2. The summed E-state index contributed by atoms with van der Waals surface area (Å²) in [5.41, 5.74) is 1.02. The number of carbonyl (C=O) groups excluding carboxylic acids is 1. The Bertz CT molecular complexity index is 584. The van der Waals surface area contributed by atoms with Crippen molar-refractivity contribution in [2.75, 3.05) is 6.54 Å². The highest BCUT2D eigenvalue weighted by Gasteiger charge is 2.12. The molecular weight excluding hydrogens is 252 g/mol. The first kappa shape index (κ1) is 12.8. The average molecular weight is 265 g/mol. The maximum absolute atomic E-state index is 12.0. The molecule has 0 saturated heterocycles. The van der Waals surface area contributed by atoms with Crippen molar-refractivity contribution in [1.82, 2.24) is 10.3 Å². The number of aliphatic hydroxyl groups excluding tert-OH is 1. The van der Waals surface area contributed by atoms with Crippen molar-refractivity contribution in [2.24, 2.45) is 0 Å². The zero-order valence-corrected chi connectivity index (χ0v) is 10.6. The van der Waals surface area contributed by atoms with E-state index in [0.717, 1.165) is 5.39 Å². The van der Waals surface area contributed by atoms with Crippen molar-refractivity contribution in [2.45, 2.75) is 13.0 Å². The molecule has 2 N–H and O–H groups in total. The van der Waals surface area contributed by atoms with Crippen LogP contribution in [0.3, 0.4) is 0 Å². The summed E-state index contributed by atoms with van der Waals surface area (Å²) in [7, 11) is 0. The van der Waals surface area contributed by atoms with E-state index >= 15 is 0 Å². The smallest absolute Gasteiger partial charge is 0.253 e. The molecule has 0 radical (unpaired) electrons. The Kier molecular flexibility index (Phi) is 3.79. The third-order valence-electron chi connectivity index (χ3n) is 2.52. The molecule has 0 aliphatic carbocycles. The number of hydrogen-bond acceptors (Lipinski definition) is 3. The standard InChI is InChI=1S/C13H13ClN2O2/c1-8(17)7-16-13(18)10-4-5-11(14)9-3-2-6-15-12(9)10/h2-6,8,17H,7H2,1H3,(H,16,18). The minimum Gasteiger partial charge on any atom is -0.392 e. The van der Waals surface area contributed by atoms with Crippen molar-refractivity contribution in [3.05, 3.63) is 41.0 Å². The highest BCUT2D eigenvalue weighted by Crippen LogP contribution is 2.24. The summed E-state index contributed by atoms with van der Waals surface area (Å²) < 4.78 is 0. The lowest BCUT2D eigenvalue weighted by molar-refractivity contribution is 0.0925. The summed E-state index contributed by atoms with van der Waals surface area (Å²) in [6.07, 6.45) is 1.03. The number of carbonyl (C=O) groups is 1. The van der Waals surface area contributed by atoms with Crippen molar-refractivity contribution in [1.29, 1.82) is 0 Å². The fraction of sp³-hybridized carbons (Fsp3) is 0.231. The van der Waals surface area contributed by atoms with E-state index in [1.807, 2.05) is 6.07 Å². The number of hydrogen-bond donors (Lipinski definition) is 2. The zero-order chi connectivity index (χ0) is 13.1. The molecule has 18 heavy (non-hydrogen) atoms. The van der Waals surface area contributed by atoms with Crippen LogP contribution in [-0.4, -0.2) is 28.6 Å². The number of rotatable bonds is 3. The molecule has 2 rings (SSSR count). The quantitative estimate of drug-likeness (QED) is 0.891. The summed E-state index contributed by atoms with van der Waals surface area (Å²) in [5, 5.41) is 13.1. The van der Waals surface area contributed by atoms with E-state index in [1.165, 1.54) is 0 Å². The van der Waals surface area contributed by atoms with Gasteiger partial charge in [-0.3, -0.25) is 9.78 Å². The van der Waals surface area contributed by atoms with Crippen molar-refractivity contribution < 1.29 is 9.90 Å². The van der Waals surface area contributed by atoms with Crippen LogP contribution in [0, 0.1) is 0 Å². The second-order valence-electron chi connectivity index (χ2n) is 4.05. The van der Waals surface area contributed by atoms with Gasteiger partial charge in [0, 0.05) is 18.1 Å². The summed E-state index contributed by atoms with van der Waals surface area (Å²) in [5.74, 6) is -0.267. The van der Waals surface area contributed by atoms with E-state index < -0.39 is 6.10 Å². The molecule has 0 bridgehead atoms. The fourth-order valence-electron chi connectivity index (χ4n) is 1.66. The lowest BCUT2D eigenvalue weighted by Gasteiger charge is -2.09. The van der Waals surface area contributed by atoms with Crippen LogP contribution in [-0.2, 0) is 0 Å². The van der Waals surface area contributed by atoms with Gasteiger partial charge < -0.3 is 10.4 Å². The Morgan fingerprint density at radius 2 is 2.28 bits per heavy atom. The molecule has 4 nitrogen and oxygen atoms in total. The van der Waals surface area contributed by atoms with Gasteiger partial charge in [0.15, 0.2) is 0 Å². The summed E-state index contributed by atoms with van der Waals surface area (Å²) in [6.45, 7) is 1.81. The topological polar surface area (TPSA) is 62.2 Å². The molecule has 0 spiro atoms. The molecule has 1 heterocycles. The number of nitrogens with zero attached hydrogens (tertiary/aromatic N) is 1. The number of fused-ring (bicyclic) bond motifs is 1. The van der Waals surface area contributed by atoms with E-state index in [-0.39, 0.29) is 12.5 Å². The minimum absolute atomic E-state index is 0.204. The van der Waals surface area contributed by atoms with Gasteiger partial charge in [-0.2, -0.15) is 0 Å². The largest absolute Gasteiger partial charge is 0.392 e. The van der Waals surface area contributed by atoms with Crippen LogP contribution in [0.25, 0.3) is 10.9 Å². The van der Waals surface area contributed by atoms with Crippen LogP contribution in [0.4, 0.5) is 0 Å². The minimum atomic E-state index is -0.583. The van der Waals surface area contributed by atoms with Crippen LogP contribution in [0.2, 0.25) is 5.02 Å². The highest BCUT2D eigenvalue weighted by molar-refractivity contribution is 6.35. The summed E-state index contributed by atoms with van der Waals surface area (Å²) >= 11 is 6.05. The molecule has 94 valence electrons. The second-order valence-corrected chi connectivity index (χ2v) is 4.46. The normalized spacial score (nSPS) is 12.4. The molecule has 1 unspecified atom stereocenters. The first-order valence-corrected chi connectivity index (χ1v) is 5.97. The number of amides is 1. The molecular formula is C13H13ClN2O2. The molecule has 0 saturated carbocycles. The van der Waals surface area contributed by atoms with E-state index in [2.05, 4.69) is 10.3 Å². The Balaban J connectivity index is 2.39. The molecule has 2 aromatic rings. The molecule has 5 heteroatoms. The van der Waals surface area contributed by atoms with E-state index in [4.69, 9.17) is 16.7 Å². The number of aromatic nitrogens is 1. The first-order valence-electron chi connectivity index (χ1n) is 5.59. The number of nitrogens with one attached hydrogen (secondary N) is 1. The van der Waals surface area contributed by atoms with Gasteiger partial charge in [0.25, 0.3) is 5.91 Å². The molecule has 0 aliphatic rings. The molecule has 1 aromatic heterocycles. The number of benzene rings is 1. The Morgan fingerprint density at radius 3 is 3.00 bits per heavy atom. The van der Waals surface area contributed by atoms with E-state index in [1.54, 1.807) is 31.3 Å². The predicted octanol–water partition coefficient (Wildman–Crippen LogP) is 2.00. The predicted molar refractivity (Wildman–Crippen MR) is 70.8 cm³/mol. The Labute approximate surface area is 110 Å². The van der Waals surface area contributed by atoms with Gasteiger partial charge in [0.1, 0.15) is 0 Å². The monoisotopic (exact) mass is 264 g/mol. The first-order chi connectivity index (χ1) is 8.59. The van der Waals surface area contributed by atoms with Gasteiger partial charge in [0.05, 0.1) is 22.2 Å². The molecule has 1 aromatic carbocycles. The molecule has 0 aliphatic heterocycles. The molecule has 1 atom stereocenters. The van der Waals surface area contributed by atoms with Crippen molar-refractivity contribution in [3.63, 3.8) is 0 Å². The highest BCUT2D eigenvalue weighted by atomic mass is 35.5.